The van der Waals surface area contributed by atoms with Crippen LogP contribution in [0.15, 0.2) is 18.3 Å². The van der Waals surface area contributed by atoms with Gasteiger partial charge in [-0.3, -0.25) is 4.68 Å². The van der Waals surface area contributed by atoms with Gasteiger partial charge in [-0.15, -0.1) is 11.3 Å². The monoisotopic (exact) mass is 293 g/mol. The Balaban J connectivity index is 1.57. The topological polar surface area (TPSA) is 29.9 Å². The third-order valence-corrected chi connectivity index (χ3v) is 4.83. The number of hydrogen-bond acceptors (Lipinski definition) is 3. The summed E-state index contributed by atoms with van der Waals surface area (Å²) in [5.74, 6) is 0. The van der Waals surface area contributed by atoms with Crippen LogP contribution in [0.4, 0.5) is 4.39 Å². The minimum atomic E-state index is -0.118. The number of aromatic nitrogens is 2. The van der Waals surface area contributed by atoms with E-state index in [4.69, 9.17) is 0 Å². The Bertz CT molecular complexity index is 569. The first-order valence-corrected chi connectivity index (χ1v) is 8.03. The van der Waals surface area contributed by atoms with Gasteiger partial charge in [-0.2, -0.15) is 9.49 Å². The van der Waals surface area contributed by atoms with Crippen molar-refractivity contribution in [3.05, 3.63) is 39.6 Å². The van der Waals surface area contributed by atoms with Gasteiger partial charge < -0.3 is 5.32 Å². The summed E-state index contributed by atoms with van der Waals surface area (Å²) in [6.45, 7) is 3.56. The molecule has 0 spiro atoms. The van der Waals surface area contributed by atoms with Crippen LogP contribution in [0.1, 0.15) is 47.9 Å². The molecule has 1 aliphatic carbocycles. The molecule has 2 heterocycles. The molecule has 3 rings (SSSR count). The van der Waals surface area contributed by atoms with Crippen molar-refractivity contribution in [1.29, 1.82) is 0 Å². The quantitative estimate of drug-likeness (QED) is 0.909. The second-order valence-corrected chi connectivity index (χ2v) is 6.59. The first-order chi connectivity index (χ1) is 9.72. The standard InChI is InChI=1S/C15H20FN3S/c1-11-12(8-17-9-14-6-7-15(16)20-14)10-19(18-11)13-4-2-3-5-13/h6-7,10,13,17H,2-5,8-9H2,1H3. The molecule has 0 aliphatic heterocycles. The van der Waals surface area contributed by atoms with Crippen LogP contribution >= 0.6 is 11.3 Å². The molecule has 5 heteroatoms. The van der Waals surface area contributed by atoms with E-state index >= 15 is 0 Å². The number of hydrogen-bond donors (Lipinski definition) is 1. The summed E-state index contributed by atoms with van der Waals surface area (Å²) in [4.78, 5) is 1.03. The molecule has 1 aliphatic rings. The number of thiophene rings is 1. The molecule has 0 unspecified atom stereocenters. The molecule has 2 aromatic rings. The zero-order valence-corrected chi connectivity index (χ0v) is 12.5. The van der Waals surface area contributed by atoms with E-state index in [9.17, 15) is 4.39 Å². The lowest BCUT2D eigenvalue weighted by molar-refractivity contribution is 0.464. The minimum absolute atomic E-state index is 0.118. The number of nitrogens with one attached hydrogen (secondary N) is 1. The molecule has 2 aromatic heterocycles. The Labute approximate surface area is 122 Å². The van der Waals surface area contributed by atoms with Crippen molar-refractivity contribution in [2.24, 2.45) is 0 Å². The summed E-state index contributed by atoms with van der Waals surface area (Å²) in [5.41, 5.74) is 2.34. The van der Waals surface area contributed by atoms with Gasteiger partial charge in [0.1, 0.15) is 0 Å². The Morgan fingerprint density at radius 2 is 2.15 bits per heavy atom. The Morgan fingerprint density at radius 1 is 1.35 bits per heavy atom. The third-order valence-electron chi connectivity index (χ3n) is 3.96. The zero-order chi connectivity index (χ0) is 13.9. The summed E-state index contributed by atoms with van der Waals surface area (Å²) in [7, 11) is 0. The van der Waals surface area contributed by atoms with E-state index in [0.717, 1.165) is 17.1 Å². The smallest absolute Gasteiger partial charge is 0.176 e. The number of nitrogens with zero attached hydrogens (tertiary/aromatic N) is 2. The van der Waals surface area contributed by atoms with Crippen LogP contribution in [-0.2, 0) is 13.1 Å². The van der Waals surface area contributed by atoms with Crippen LogP contribution < -0.4 is 5.32 Å². The van der Waals surface area contributed by atoms with Gasteiger partial charge in [0.05, 0.1) is 11.7 Å². The summed E-state index contributed by atoms with van der Waals surface area (Å²) in [6, 6.07) is 3.95. The maximum Gasteiger partial charge on any atom is 0.176 e. The van der Waals surface area contributed by atoms with Crippen molar-refractivity contribution in [2.45, 2.75) is 51.7 Å². The van der Waals surface area contributed by atoms with Gasteiger partial charge in [0, 0.05) is 29.7 Å². The van der Waals surface area contributed by atoms with Gasteiger partial charge in [-0.1, -0.05) is 12.8 Å². The second kappa shape index (κ2) is 6.06. The lowest BCUT2D eigenvalue weighted by Crippen LogP contribution is -2.12. The van der Waals surface area contributed by atoms with Crippen LogP contribution in [0.5, 0.6) is 0 Å². The molecule has 0 atom stereocenters. The van der Waals surface area contributed by atoms with E-state index in [1.54, 1.807) is 0 Å². The Hall–Kier alpha value is -1.20. The van der Waals surface area contributed by atoms with Gasteiger partial charge in [-0.25, -0.2) is 0 Å². The predicted octanol–water partition coefficient (Wildman–Crippen LogP) is 3.80. The van der Waals surface area contributed by atoms with Crippen molar-refractivity contribution in [2.75, 3.05) is 0 Å². The van der Waals surface area contributed by atoms with E-state index in [2.05, 4.69) is 28.2 Å². The molecule has 1 saturated carbocycles. The fraction of sp³-hybridized carbons (Fsp3) is 0.533. The average molecular weight is 293 g/mol. The molecule has 3 nitrogen and oxygen atoms in total. The summed E-state index contributed by atoms with van der Waals surface area (Å²) in [6.07, 6.45) is 7.32. The van der Waals surface area contributed by atoms with Gasteiger partial charge in [0.2, 0.25) is 0 Å². The van der Waals surface area contributed by atoms with E-state index in [1.807, 2.05) is 6.07 Å². The molecule has 0 bridgehead atoms. The normalized spacial score (nSPS) is 16.1. The maximum atomic E-state index is 12.9. The minimum Gasteiger partial charge on any atom is -0.308 e. The highest BCUT2D eigenvalue weighted by molar-refractivity contribution is 7.10. The summed E-state index contributed by atoms with van der Waals surface area (Å²) in [5, 5.41) is 7.89. The van der Waals surface area contributed by atoms with Crippen molar-refractivity contribution in [3.63, 3.8) is 0 Å². The molecule has 0 saturated heterocycles. The number of halogens is 1. The van der Waals surface area contributed by atoms with E-state index in [1.165, 1.54) is 48.6 Å². The van der Waals surface area contributed by atoms with Crippen molar-refractivity contribution in [3.8, 4) is 0 Å². The predicted molar refractivity (Wildman–Crippen MR) is 79.3 cm³/mol. The van der Waals surface area contributed by atoms with Crippen molar-refractivity contribution >= 4 is 11.3 Å². The molecule has 20 heavy (non-hydrogen) atoms. The van der Waals surface area contributed by atoms with Gasteiger partial charge in [-0.05, 0) is 31.9 Å². The fourth-order valence-corrected chi connectivity index (χ4v) is 3.51. The summed E-state index contributed by atoms with van der Waals surface area (Å²) >= 11 is 1.20. The van der Waals surface area contributed by atoms with Crippen molar-refractivity contribution in [1.82, 2.24) is 15.1 Å². The highest BCUT2D eigenvalue weighted by Gasteiger charge is 2.18. The first kappa shape index (κ1) is 13.8. The largest absolute Gasteiger partial charge is 0.308 e. The van der Waals surface area contributed by atoms with E-state index < -0.39 is 0 Å². The van der Waals surface area contributed by atoms with Crippen molar-refractivity contribution < 1.29 is 4.39 Å². The summed E-state index contributed by atoms with van der Waals surface area (Å²) < 4.78 is 15.0. The van der Waals surface area contributed by atoms with E-state index in [0.29, 0.717) is 12.6 Å². The van der Waals surface area contributed by atoms with Crippen LogP contribution in [0.3, 0.4) is 0 Å². The SMILES string of the molecule is Cc1nn(C2CCCC2)cc1CNCc1ccc(F)s1. The molecular weight excluding hydrogens is 273 g/mol. The average Bonchev–Trinajstić information content (AvgIpc) is 3.12. The highest BCUT2D eigenvalue weighted by atomic mass is 32.1. The zero-order valence-electron chi connectivity index (χ0n) is 11.7. The number of aryl methyl sites for hydroxylation is 1. The van der Waals surface area contributed by atoms with Gasteiger partial charge in [0.15, 0.2) is 5.13 Å². The second-order valence-electron chi connectivity index (χ2n) is 5.47. The molecule has 1 fully saturated rings. The van der Waals surface area contributed by atoms with E-state index in [-0.39, 0.29) is 5.13 Å². The first-order valence-electron chi connectivity index (χ1n) is 7.22. The van der Waals surface area contributed by atoms with Crippen LogP contribution in [-0.4, -0.2) is 9.78 Å². The van der Waals surface area contributed by atoms with Crippen LogP contribution in [0, 0.1) is 12.1 Å². The Kier molecular flexibility index (Phi) is 4.17. The van der Waals surface area contributed by atoms with Crippen LogP contribution in [0.25, 0.3) is 0 Å². The Morgan fingerprint density at radius 3 is 2.85 bits per heavy atom. The molecule has 108 valence electrons. The van der Waals surface area contributed by atoms with Crippen LogP contribution in [0.2, 0.25) is 0 Å². The van der Waals surface area contributed by atoms with Gasteiger partial charge >= 0.3 is 0 Å². The fourth-order valence-electron chi connectivity index (χ4n) is 2.82. The molecule has 0 radical (unpaired) electrons. The van der Waals surface area contributed by atoms with Gasteiger partial charge in [0.25, 0.3) is 0 Å². The molecular formula is C15H20FN3S. The molecule has 1 N–H and O–H groups in total. The maximum absolute atomic E-state index is 12.9. The third kappa shape index (κ3) is 3.10. The molecule has 0 amide bonds. The number of rotatable bonds is 5. The molecule has 0 aromatic carbocycles. The lowest BCUT2D eigenvalue weighted by Gasteiger charge is -2.08. The highest BCUT2D eigenvalue weighted by Crippen LogP contribution is 2.29. The lowest BCUT2D eigenvalue weighted by atomic mass is 10.2.